The highest BCUT2D eigenvalue weighted by Crippen LogP contribution is 2.24. The number of nitrogens with one attached hydrogen (secondary N) is 3. The first-order chi connectivity index (χ1) is 11.3. The lowest BCUT2D eigenvalue weighted by Gasteiger charge is -2.09. The molecule has 0 saturated heterocycles. The molecule has 3 rings (SSSR count). The highest BCUT2D eigenvalue weighted by molar-refractivity contribution is 6.04. The van der Waals surface area contributed by atoms with Crippen molar-refractivity contribution >= 4 is 22.8 Å². The number of H-pyrrole nitrogens is 2. The van der Waals surface area contributed by atoms with Gasteiger partial charge in [-0.3, -0.25) is 14.9 Å². The summed E-state index contributed by atoms with van der Waals surface area (Å²) < 4.78 is 40.6. The van der Waals surface area contributed by atoms with Gasteiger partial charge in [0.1, 0.15) is 11.3 Å². The number of aromatic nitrogens is 5. The molecule has 3 aromatic rings. The number of hydrogen-bond donors (Lipinski definition) is 3. The molecule has 1 aromatic carbocycles. The van der Waals surface area contributed by atoms with E-state index in [2.05, 4.69) is 35.7 Å². The number of carbonyl (C=O) groups excluding carboxylic acids is 1. The molecule has 0 atom stereocenters. The molecule has 0 bridgehead atoms. The van der Waals surface area contributed by atoms with Crippen molar-refractivity contribution in [3.05, 3.63) is 40.2 Å². The SMILES string of the molecule is O=C(Nc1nn[nH]n1)c1c[nH]c2ccc(OC(F)(F)F)cc2c1=O. The Kier molecular flexibility index (Phi) is 3.63. The third-order valence-electron chi connectivity index (χ3n) is 2.90. The molecule has 0 aliphatic rings. The summed E-state index contributed by atoms with van der Waals surface area (Å²) in [5.41, 5.74) is -0.875. The topological polar surface area (TPSA) is 126 Å². The van der Waals surface area contributed by atoms with Crippen molar-refractivity contribution in [2.24, 2.45) is 0 Å². The van der Waals surface area contributed by atoms with E-state index in [9.17, 15) is 22.8 Å². The fraction of sp³-hybridized carbons (Fsp3) is 0.0833. The molecule has 0 spiro atoms. The van der Waals surface area contributed by atoms with E-state index in [1.54, 1.807) is 0 Å². The van der Waals surface area contributed by atoms with Crippen LogP contribution in [-0.4, -0.2) is 37.9 Å². The highest BCUT2D eigenvalue weighted by Gasteiger charge is 2.31. The molecule has 12 heteroatoms. The van der Waals surface area contributed by atoms with Gasteiger partial charge in [0, 0.05) is 17.1 Å². The zero-order valence-corrected chi connectivity index (χ0v) is 11.5. The van der Waals surface area contributed by atoms with Gasteiger partial charge in [0.15, 0.2) is 0 Å². The number of anilines is 1. The summed E-state index contributed by atoms with van der Waals surface area (Å²) in [6, 6.07) is 3.18. The fourth-order valence-corrected chi connectivity index (χ4v) is 1.95. The van der Waals surface area contributed by atoms with Crippen molar-refractivity contribution in [2.45, 2.75) is 6.36 Å². The number of halogens is 3. The monoisotopic (exact) mass is 340 g/mol. The van der Waals surface area contributed by atoms with Gasteiger partial charge in [-0.1, -0.05) is 5.10 Å². The molecule has 3 N–H and O–H groups in total. The first kappa shape index (κ1) is 15.5. The first-order valence-electron chi connectivity index (χ1n) is 6.29. The van der Waals surface area contributed by atoms with E-state index >= 15 is 0 Å². The molecule has 1 amide bonds. The number of fused-ring (bicyclic) bond motifs is 1. The molecule has 0 radical (unpaired) electrons. The van der Waals surface area contributed by atoms with Crippen LogP contribution in [0.2, 0.25) is 0 Å². The summed E-state index contributed by atoms with van der Waals surface area (Å²) in [5, 5.41) is 14.4. The molecule has 0 aliphatic heterocycles. The van der Waals surface area contributed by atoms with Crippen LogP contribution in [-0.2, 0) is 0 Å². The fourth-order valence-electron chi connectivity index (χ4n) is 1.95. The summed E-state index contributed by atoms with van der Waals surface area (Å²) in [6.07, 6.45) is -3.77. The molecule has 0 saturated carbocycles. The minimum atomic E-state index is -4.89. The number of benzene rings is 1. The van der Waals surface area contributed by atoms with Crippen LogP contribution >= 0.6 is 0 Å². The van der Waals surface area contributed by atoms with Crippen LogP contribution in [0.25, 0.3) is 10.9 Å². The molecule has 0 unspecified atom stereocenters. The van der Waals surface area contributed by atoms with E-state index in [4.69, 9.17) is 0 Å². The zero-order chi connectivity index (χ0) is 17.3. The normalized spacial score (nSPS) is 11.5. The molecular formula is C12H7F3N6O3. The summed E-state index contributed by atoms with van der Waals surface area (Å²) in [4.78, 5) is 27.0. The largest absolute Gasteiger partial charge is 0.573 e. The van der Waals surface area contributed by atoms with Crippen molar-refractivity contribution < 1.29 is 22.7 Å². The summed E-state index contributed by atoms with van der Waals surface area (Å²) in [7, 11) is 0. The predicted molar refractivity (Wildman–Crippen MR) is 73.4 cm³/mol. The summed E-state index contributed by atoms with van der Waals surface area (Å²) in [5.74, 6) is -1.58. The van der Waals surface area contributed by atoms with Gasteiger partial charge in [0.2, 0.25) is 5.43 Å². The van der Waals surface area contributed by atoms with E-state index < -0.39 is 23.4 Å². The van der Waals surface area contributed by atoms with Gasteiger partial charge in [-0.05, 0) is 23.4 Å². The number of ether oxygens (including phenoxy) is 1. The Morgan fingerprint density at radius 3 is 2.75 bits per heavy atom. The van der Waals surface area contributed by atoms with Crippen LogP contribution in [0.15, 0.2) is 29.2 Å². The van der Waals surface area contributed by atoms with Crippen LogP contribution in [0.1, 0.15) is 10.4 Å². The molecular weight excluding hydrogens is 333 g/mol. The smallest absolute Gasteiger partial charge is 0.406 e. The van der Waals surface area contributed by atoms with Crippen molar-refractivity contribution in [1.82, 2.24) is 25.6 Å². The lowest BCUT2D eigenvalue weighted by Crippen LogP contribution is -2.22. The predicted octanol–water partition coefficient (Wildman–Crippen LogP) is 1.19. The highest BCUT2D eigenvalue weighted by atomic mass is 19.4. The Bertz CT molecular complexity index is 951. The van der Waals surface area contributed by atoms with E-state index in [0.29, 0.717) is 0 Å². The third-order valence-corrected chi connectivity index (χ3v) is 2.90. The average molecular weight is 340 g/mol. The quantitative estimate of drug-likeness (QED) is 0.657. The van der Waals surface area contributed by atoms with Gasteiger partial charge >= 0.3 is 6.36 Å². The molecule has 24 heavy (non-hydrogen) atoms. The zero-order valence-electron chi connectivity index (χ0n) is 11.5. The summed E-state index contributed by atoms with van der Waals surface area (Å²) >= 11 is 0. The second kappa shape index (κ2) is 5.64. The number of rotatable bonds is 3. The molecule has 9 nitrogen and oxygen atoms in total. The number of alkyl halides is 3. The molecule has 124 valence electrons. The van der Waals surface area contributed by atoms with E-state index in [-0.39, 0.29) is 22.4 Å². The maximum absolute atomic E-state index is 12.3. The van der Waals surface area contributed by atoms with Crippen LogP contribution in [0.4, 0.5) is 19.1 Å². The van der Waals surface area contributed by atoms with Gasteiger partial charge in [-0.15, -0.1) is 18.3 Å². The van der Waals surface area contributed by atoms with Gasteiger partial charge in [0.05, 0.1) is 0 Å². The standard InChI is InChI=1S/C12H7F3N6O3/c13-12(14,15)24-5-1-2-8-6(3-5)9(22)7(4-16-8)10(23)17-11-18-20-21-19-11/h1-4H,(H,16,22)(H2,17,18,19,20,21,23). The van der Waals surface area contributed by atoms with E-state index in [1.807, 2.05) is 0 Å². The second-order valence-corrected chi connectivity index (χ2v) is 4.48. The Morgan fingerprint density at radius 2 is 2.08 bits per heavy atom. The maximum Gasteiger partial charge on any atom is 0.573 e. The minimum absolute atomic E-state index is 0.141. The van der Waals surface area contributed by atoms with Gasteiger partial charge < -0.3 is 9.72 Å². The number of pyridine rings is 1. The lowest BCUT2D eigenvalue weighted by atomic mass is 10.1. The maximum atomic E-state index is 12.3. The number of amides is 1. The summed E-state index contributed by atoms with van der Waals surface area (Å²) in [6.45, 7) is 0. The molecule has 0 fully saturated rings. The van der Waals surface area contributed by atoms with Crippen molar-refractivity contribution in [2.75, 3.05) is 5.32 Å². The number of carbonyl (C=O) groups is 1. The Balaban J connectivity index is 1.99. The number of nitrogens with zero attached hydrogens (tertiary/aromatic N) is 3. The van der Waals surface area contributed by atoms with Crippen molar-refractivity contribution in [3.8, 4) is 5.75 Å². The van der Waals surface area contributed by atoms with Gasteiger partial charge in [0.25, 0.3) is 11.9 Å². The van der Waals surface area contributed by atoms with E-state index in [1.165, 1.54) is 6.07 Å². The Morgan fingerprint density at radius 1 is 1.29 bits per heavy atom. The third kappa shape index (κ3) is 3.16. The first-order valence-corrected chi connectivity index (χ1v) is 6.29. The van der Waals surface area contributed by atoms with Crippen LogP contribution in [0, 0.1) is 0 Å². The second-order valence-electron chi connectivity index (χ2n) is 4.48. The van der Waals surface area contributed by atoms with Crippen molar-refractivity contribution in [1.29, 1.82) is 0 Å². The Labute approximate surface area is 129 Å². The lowest BCUT2D eigenvalue weighted by molar-refractivity contribution is -0.274. The van der Waals surface area contributed by atoms with Crippen LogP contribution in [0.5, 0.6) is 5.75 Å². The molecule has 2 heterocycles. The minimum Gasteiger partial charge on any atom is -0.406 e. The number of tetrazole rings is 1. The molecule has 2 aromatic heterocycles. The Hall–Kier alpha value is -3.44. The average Bonchev–Trinajstić information content (AvgIpc) is 2.99. The number of hydrogen-bond acceptors (Lipinski definition) is 6. The number of aromatic amines is 2. The van der Waals surface area contributed by atoms with Crippen LogP contribution < -0.4 is 15.5 Å². The van der Waals surface area contributed by atoms with E-state index in [0.717, 1.165) is 18.3 Å². The van der Waals surface area contributed by atoms with Crippen molar-refractivity contribution in [3.63, 3.8) is 0 Å². The molecule has 0 aliphatic carbocycles. The van der Waals surface area contributed by atoms with Crippen LogP contribution in [0.3, 0.4) is 0 Å². The van der Waals surface area contributed by atoms with Gasteiger partial charge in [-0.25, -0.2) is 0 Å². The van der Waals surface area contributed by atoms with Gasteiger partial charge in [-0.2, -0.15) is 5.21 Å².